The van der Waals surface area contributed by atoms with E-state index >= 15 is 0 Å². The lowest BCUT2D eigenvalue weighted by atomic mass is 10.1. The molecule has 156 valence electrons. The number of amides is 2. The van der Waals surface area contributed by atoms with Gasteiger partial charge in [0.25, 0.3) is 5.91 Å². The van der Waals surface area contributed by atoms with Crippen LogP contribution in [0.25, 0.3) is 0 Å². The lowest BCUT2D eigenvalue weighted by Crippen LogP contribution is -2.54. The van der Waals surface area contributed by atoms with Crippen molar-refractivity contribution in [3.05, 3.63) is 35.4 Å². The molecule has 0 bridgehead atoms. The molecule has 8 heteroatoms. The van der Waals surface area contributed by atoms with Crippen molar-refractivity contribution in [2.45, 2.75) is 52.3 Å². The van der Waals surface area contributed by atoms with E-state index in [0.29, 0.717) is 24.6 Å². The zero-order valence-electron chi connectivity index (χ0n) is 17.9. The summed E-state index contributed by atoms with van der Waals surface area (Å²) >= 11 is 0. The van der Waals surface area contributed by atoms with E-state index < -0.39 is 17.2 Å². The van der Waals surface area contributed by atoms with Crippen LogP contribution in [-0.2, 0) is 11.3 Å². The van der Waals surface area contributed by atoms with Gasteiger partial charge in [0.2, 0.25) is 0 Å². The molecule has 0 heterocycles. The van der Waals surface area contributed by atoms with Gasteiger partial charge in [0.15, 0.2) is 5.96 Å². The Balaban J connectivity index is 2.52. The molecule has 0 radical (unpaired) electrons. The second-order valence-corrected chi connectivity index (χ2v) is 8.07. The molecule has 0 fully saturated rings. The third-order valence-corrected chi connectivity index (χ3v) is 3.66. The molecule has 0 spiro atoms. The standard InChI is InChI=1S/C20H33N5O3/c1-19(2,3)28-18(27)25-20(4,5)13-24-17(22-7)23-12-14-8-10-15(11-9-14)16(26)21-6/h8-11H,12-13H2,1-7H3,(H,21,26)(H,25,27)(H2,22,23,24). The smallest absolute Gasteiger partial charge is 0.408 e. The minimum absolute atomic E-state index is 0.114. The summed E-state index contributed by atoms with van der Waals surface area (Å²) in [6.45, 7) is 10.3. The maximum atomic E-state index is 12.0. The van der Waals surface area contributed by atoms with E-state index in [-0.39, 0.29) is 5.91 Å². The van der Waals surface area contributed by atoms with Crippen LogP contribution in [0.1, 0.15) is 50.5 Å². The van der Waals surface area contributed by atoms with Crippen molar-refractivity contribution in [2.24, 2.45) is 4.99 Å². The number of alkyl carbamates (subject to hydrolysis) is 1. The normalized spacial score (nSPS) is 12.2. The Morgan fingerprint density at radius 1 is 1.04 bits per heavy atom. The molecule has 8 nitrogen and oxygen atoms in total. The van der Waals surface area contributed by atoms with Crippen LogP contribution < -0.4 is 21.3 Å². The minimum Gasteiger partial charge on any atom is -0.444 e. The van der Waals surface area contributed by atoms with Gasteiger partial charge in [0.1, 0.15) is 5.60 Å². The van der Waals surface area contributed by atoms with Crippen molar-refractivity contribution < 1.29 is 14.3 Å². The number of nitrogens with zero attached hydrogens (tertiary/aromatic N) is 1. The van der Waals surface area contributed by atoms with E-state index in [1.807, 2.05) is 46.8 Å². The van der Waals surface area contributed by atoms with Crippen molar-refractivity contribution in [2.75, 3.05) is 20.6 Å². The molecule has 0 unspecified atom stereocenters. The van der Waals surface area contributed by atoms with Gasteiger partial charge in [0.05, 0.1) is 5.54 Å². The van der Waals surface area contributed by atoms with Gasteiger partial charge in [-0.25, -0.2) is 4.79 Å². The molecule has 0 saturated carbocycles. The number of carbonyl (C=O) groups excluding carboxylic acids is 2. The lowest BCUT2D eigenvalue weighted by molar-refractivity contribution is 0.0473. The van der Waals surface area contributed by atoms with Crippen LogP contribution in [0.4, 0.5) is 4.79 Å². The number of carbonyl (C=O) groups is 2. The SMILES string of the molecule is CN=C(NCc1ccc(C(=O)NC)cc1)NCC(C)(C)NC(=O)OC(C)(C)C. The highest BCUT2D eigenvalue weighted by Gasteiger charge is 2.24. The van der Waals surface area contributed by atoms with Gasteiger partial charge >= 0.3 is 6.09 Å². The molecule has 0 aliphatic rings. The van der Waals surface area contributed by atoms with Gasteiger partial charge in [-0.1, -0.05) is 12.1 Å². The fourth-order valence-electron chi connectivity index (χ4n) is 2.25. The third-order valence-electron chi connectivity index (χ3n) is 3.66. The summed E-state index contributed by atoms with van der Waals surface area (Å²) < 4.78 is 5.29. The average Bonchev–Trinajstić information content (AvgIpc) is 2.59. The van der Waals surface area contributed by atoms with E-state index in [9.17, 15) is 9.59 Å². The molecule has 1 aromatic rings. The molecular weight excluding hydrogens is 358 g/mol. The first-order valence-corrected chi connectivity index (χ1v) is 9.22. The van der Waals surface area contributed by atoms with Crippen molar-refractivity contribution >= 4 is 18.0 Å². The molecule has 0 aliphatic heterocycles. The van der Waals surface area contributed by atoms with Crippen LogP contribution in [0.15, 0.2) is 29.3 Å². The minimum atomic E-state index is -0.543. The summed E-state index contributed by atoms with van der Waals surface area (Å²) in [5.74, 6) is 0.492. The number of nitrogens with one attached hydrogen (secondary N) is 4. The lowest BCUT2D eigenvalue weighted by Gasteiger charge is -2.29. The Hall–Kier alpha value is -2.77. The van der Waals surface area contributed by atoms with Gasteiger partial charge in [0, 0.05) is 32.7 Å². The topological polar surface area (TPSA) is 104 Å². The molecule has 1 rings (SSSR count). The van der Waals surface area contributed by atoms with E-state index in [2.05, 4.69) is 26.3 Å². The van der Waals surface area contributed by atoms with Crippen molar-refractivity contribution in [3.63, 3.8) is 0 Å². The third kappa shape index (κ3) is 8.75. The van der Waals surface area contributed by atoms with Gasteiger partial charge in [-0.15, -0.1) is 0 Å². The number of guanidine groups is 1. The summed E-state index contributed by atoms with van der Waals surface area (Å²) in [5, 5.41) is 11.8. The van der Waals surface area contributed by atoms with Crippen molar-refractivity contribution in [1.29, 1.82) is 0 Å². The summed E-state index contributed by atoms with van der Waals surface area (Å²) in [7, 11) is 3.28. The van der Waals surface area contributed by atoms with Gasteiger partial charge in [-0.05, 0) is 52.3 Å². The van der Waals surface area contributed by atoms with E-state index in [1.165, 1.54) is 0 Å². The Morgan fingerprint density at radius 2 is 1.64 bits per heavy atom. The Bertz CT molecular complexity index is 691. The molecular formula is C20H33N5O3. The fraction of sp³-hybridized carbons (Fsp3) is 0.550. The highest BCUT2D eigenvalue weighted by atomic mass is 16.6. The van der Waals surface area contributed by atoms with Crippen LogP contribution in [0.3, 0.4) is 0 Å². The first kappa shape index (κ1) is 23.3. The van der Waals surface area contributed by atoms with Crippen LogP contribution >= 0.6 is 0 Å². The molecule has 4 N–H and O–H groups in total. The zero-order chi connectivity index (χ0) is 21.4. The second-order valence-electron chi connectivity index (χ2n) is 8.07. The number of benzene rings is 1. The highest BCUT2D eigenvalue weighted by molar-refractivity contribution is 5.93. The van der Waals surface area contributed by atoms with E-state index in [1.54, 1.807) is 26.2 Å². The van der Waals surface area contributed by atoms with Crippen molar-refractivity contribution in [3.8, 4) is 0 Å². The second kappa shape index (κ2) is 9.96. The Labute approximate surface area is 167 Å². The molecule has 0 saturated heterocycles. The summed E-state index contributed by atoms with van der Waals surface area (Å²) in [5.41, 5.74) is 0.554. The fourth-order valence-corrected chi connectivity index (χ4v) is 2.25. The largest absolute Gasteiger partial charge is 0.444 e. The molecule has 0 atom stereocenters. The van der Waals surface area contributed by atoms with Crippen LogP contribution in [0, 0.1) is 0 Å². The maximum absolute atomic E-state index is 12.0. The summed E-state index contributed by atoms with van der Waals surface area (Å²) in [6.07, 6.45) is -0.460. The Kier molecular flexibility index (Phi) is 8.28. The predicted molar refractivity (Wildman–Crippen MR) is 111 cm³/mol. The molecule has 0 aliphatic carbocycles. The Morgan fingerprint density at radius 3 is 2.14 bits per heavy atom. The molecule has 2 amide bonds. The number of rotatable bonds is 6. The zero-order valence-corrected chi connectivity index (χ0v) is 17.9. The summed E-state index contributed by atoms with van der Waals surface area (Å²) in [6, 6.07) is 7.33. The number of hydrogen-bond acceptors (Lipinski definition) is 4. The molecule has 0 aromatic heterocycles. The summed E-state index contributed by atoms with van der Waals surface area (Å²) in [4.78, 5) is 27.7. The molecule has 28 heavy (non-hydrogen) atoms. The number of hydrogen-bond donors (Lipinski definition) is 4. The van der Waals surface area contributed by atoms with E-state index in [0.717, 1.165) is 5.56 Å². The highest BCUT2D eigenvalue weighted by Crippen LogP contribution is 2.09. The quantitative estimate of drug-likeness (QED) is 0.439. The monoisotopic (exact) mass is 391 g/mol. The average molecular weight is 392 g/mol. The number of ether oxygens (including phenoxy) is 1. The van der Waals surface area contributed by atoms with Gasteiger partial charge < -0.3 is 26.0 Å². The van der Waals surface area contributed by atoms with Crippen LogP contribution in [0.2, 0.25) is 0 Å². The molecule has 1 aromatic carbocycles. The van der Waals surface area contributed by atoms with Gasteiger partial charge in [-0.2, -0.15) is 0 Å². The van der Waals surface area contributed by atoms with Gasteiger partial charge in [-0.3, -0.25) is 9.79 Å². The first-order chi connectivity index (χ1) is 13.0. The number of aliphatic imine (C=N–C) groups is 1. The van der Waals surface area contributed by atoms with E-state index in [4.69, 9.17) is 4.74 Å². The maximum Gasteiger partial charge on any atom is 0.408 e. The first-order valence-electron chi connectivity index (χ1n) is 9.22. The van der Waals surface area contributed by atoms with Crippen LogP contribution in [-0.4, -0.2) is 49.7 Å². The van der Waals surface area contributed by atoms with Crippen LogP contribution in [0.5, 0.6) is 0 Å². The van der Waals surface area contributed by atoms with Crippen molar-refractivity contribution in [1.82, 2.24) is 21.3 Å². The predicted octanol–water partition coefficient (Wildman–Crippen LogP) is 2.01.